The predicted octanol–water partition coefficient (Wildman–Crippen LogP) is 2.67. The van der Waals surface area contributed by atoms with Gasteiger partial charge in [0.1, 0.15) is 5.82 Å². The number of carboxylic acid groups (broad SMARTS) is 1. The highest BCUT2D eigenvalue weighted by Crippen LogP contribution is 2.21. The van der Waals surface area contributed by atoms with Crippen LogP contribution in [0, 0.1) is 11.7 Å². The Morgan fingerprint density at radius 2 is 2.15 bits per heavy atom. The molecule has 1 saturated heterocycles. The Labute approximate surface area is 118 Å². The lowest BCUT2D eigenvalue weighted by Gasteiger charge is -2.29. The van der Waals surface area contributed by atoms with Crippen LogP contribution in [0.3, 0.4) is 0 Å². The van der Waals surface area contributed by atoms with Crippen molar-refractivity contribution in [2.45, 2.75) is 19.3 Å². The number of rotatable bonds is 5. The van der Waals surface area contributed by atoms with Gasteiger partial charge < -0.3 is 15.3 Å². The van der Waals surface area contributed by atoms with Crippen molar-refractivity contribution < 1.29 is 14.3 Å². The lowest BCUT2D eigenvalue weighted by molar-refractivity contribution is 0.0697. The lowest BCUT2D eigenvalue weighted by Crippen LogP contribution is -2.30. The number of carbonyl (C=O) groups is 1. The van der Waals surface area contributed by atoms with Gasteiger partial charge in [-0.05, 0) is 63.5 Å². The zero-order chi connectivity index (χ0) is 14.5. The summed E-state index contributed by atoms with van der Waals surface area (Å²) in [7, 11) is 2.13. The lowest BCUT2D eigenvalue weighted by atomic mass is 9.94. The first-order chi connectivity index (χ1) is 9.56. The largest absolute Gasteiger partial charge is 0.478 e. The van der Waals surface area contributed by atoms with Crippen molar-refractivity contribution in [2.75, 3.05) is 32.0 Å². The summed E-state index contributed by atoms with van der Waals surface area (Å²) in [4.78, 5) is 13.4. The van der Waals surface area contributed by atoms with Crippen LogP contribution in [0.1, 0.15) is 29.6 Å². The van der Waals surface area contributed by atoms with Crippen molar-refractivity contribution in [3.8, 4) is 0 Å². The van der Waals surface area contributed by atoms with E-state index in [-0.39, 0.29) is 5.56 Å². The highest BCUT2D eigenvalue weighted by Gasteiger charge is 2.16. The molecule has 0 aliphatic carbocycles. The molecule has 4 nitrogen and oxygen atoms in total. The third kappa shape index (κ3) is 3.93. The maximum Gasteiger partial charge on any atom is 0.337 e. The van der Waals surface area contributed by atoms with Crippen molar-refractivity contribution in [1.82, 2.24) is 4.90 Å². The molecule has 1 aliphatic rings. The summed E-state index contributed by atoms with van der Waals surface area (Å²) in [6.45, 7) is 2.98. The maximum atomic E-state index is 13.1. The van der Waals surface area contributed by atoms with E-state index < -0.39 is 11.8 Å². The zero-order valence-corrected chi connectivity index (χ0v) is 11.7. The molecule has 1 fully saturated rings. The van der Waals surface area contributed by atoms with Gasteiger partial charge in [0.05, 0.1) is 5.56 Å². The molecule has 0 atom stereocenters. The molecule has 1 aromatic rings. The third-order valence-electron chi connectivity index (χ3n) is 3.92. The molecule has 1 aromatic carbocycles. The smallest absolute Gasteiger partial charge is 0.337 e. The van der Waals surface area contributed by atoms with Crippen LogP contribution in [0.25, 0.3) is 0 Å². The van der Waals surface area contributed by atoms with Crippen molar-refractivity contribution >= 4 is 11.7 Å². The van der Waals surface area contributed by atoms with E-state index in [1.54, 1.807) is 0 Å². The maximum absolute atomic E-state index is 13.1. The minimum atomic E-state index is -1.11. The van der Waals surface area contributed by atoms with E-state index in [0.717, 1.165) is 32.1 Å². The molecule has 20 heavy (non-hydrogen) atoms. The molecule has 0 saturated carbocycles. The van der Waals surface area contributed by atoms with Crippen LogP contribution < -0.4 is 5.32 Å². The number of hydrogen-bond acceptors (Lipinski definition) is 3. The van der Waals surface area contributed by atoms with Gasteiger partial charge in [0.15, 0.2) is 0 Å². The van der Waals surface area contributed by atoms with Crippen molar-refractivity contribution in [2.24, 2.45) is 5.92 Å². The van der Waals surface area contributed by atoms with Gasteiger partial charge in [0.2, 0.25) is 0 Å². The van der Waals surface area contributed by atoms with E-state index in [1.165, 1.54) is 25.0 Å². The Bertz CT molecular complexity index is 471. The second-order valence-electron chi connectivity index (χ2n) is 5.46. The van der Waals surface area contributed by atoms with Crippen LogP contribution >= 0.6 is 0 Å². The molecule has 2 rings (SSSR count). The number of halogens is 1. The average molecular weight is 280 g/mol. The first-order valence-electron chi connectivity index (χ1n) is 7.01. The average Bonchev–Trinajstić information content (AvgIpc) is 2.42. The SMILES string of the molecule is CN1CCC(CCNc2ccc(F)cc2C(=O)O)CC1. The van der Waals surface area contributed by atoms with Gasteiger partial charge in [-0.25, -0.2) is 9.18 Å². The monoisotopic (exact) mass is 280 g/mol. The Kier molecular flexibility index (Phi) is 4.95. The van der Waals surface area contributed by atoms with Gasteiger partial charge in [0.25, 0.3) is 0 Å². The van der Waals surface area contributed by atoms with Gasteiger partial charge in [-0.1, -0.05) is 0 Å². The van der Waals surface area contributed by atoms with Crippen LogP contribution in [0.2, 0.25) is 0 Å². The number of piperidine rings is 1. The van der Waals surface area contributed by atoms with Crippen molar-refractivity contribution in [3.63, 3.8) is 0 Å². The molecule has 1 aliphatic heterocycles. The number of carboxylic acids is 1. The molecular formula is C15H21FN2O2. The van der Waals surface area contributed by atoms with Crippen LogP contribution in [-0.2, 0) is 0 Å². The van der Waals surface area contributed by atoms with E-state index in [0.29, 0.717) is 11.6 Å². The number of likely N-dealkylation sites (tertiary alicyclic amines) is 1. The molecule has 0 aromatic heterocycles. The van der Waals surface area contributed by atoms with Gasteiger partial charge in [-0.15, -0.1) is 0 Å². The van der Waals surface area contributed by atoms with Gasteiger partial charge in [-0.2, -0.15) is 0 Å². The second-order valence-corrected chi connectivity index (χ2v) is 5.46. The Hall–Kier alpha value is -1.62. The number of nitrogens with zero attached hydrogens (tertiary/aromatic N) is 1. The van der Waals surface area contributed by atoms with Crippen LogP contribution in [0.4, 0.5) is 10.1 Å². The van der Waals surface area contributed by atoms with E-state index in [9.17, 15) is 9.18 Å². The standard InChI is InChI=1S/C15H21FN2O2/c1-18-8-5-11(6-9-18)4-7-17-14-3-2-12(16)10-13(14)15(19)20/h2-3,10-11,17H,4-9H2,1H3,(H,19,20). The van der Waals surface area contributed by atoms with E-state index >= 15 is 0 Å². The summed E-state index contributed by atoms with van der Waals surface area (Å²) in [5.74, 6) is -0.943. The Balaban J connectivity index is 1.86. The number of aromatic carboxylic acids is 1. The highest BCUT2D eigenvalue weighted by atomic mass is 19.1. The molecule has 110 valence electrons. The Morgan fingerprint density at radius 3 is 2.80 bits per heavy atom. The summed E-state index contributed by atoms with van der Waals surface area (Å²) in [5, 5.41) is 12.2. The van der Waals surface area contributed by atoms with E-state index in [2.05, 4.69) is 17.3 Å². The molecule has 5 heteroatoms. The predicted molar refractivity (Wildman–Crippen MR) is 76.7 cm³/mol. The molecule has 1 heterocycles. The third-order valence-corrected chi connectivity index (χ3v) is 3.92. The minimum Gasteiger partial charge on any atom is -0.478 e. The first-order valence-corrected chi connectivity index (χ1v) is 7.01. The summed E-state index contributed by atoms with van der Waals surface area (Å²) in [5.41, 5.74) is 0.486. The number of nitrogens with one attached hydrogen (secondary N) is 1. The number of anilines is 1. The molecule has 0 spiro atoms. The molecule has 0 radical (unpaired) electrons. The Morgan fingerprint density at radius 1 is 1.45 bits per heavy atom. The first kappa shape index (κ1) is 14.8. The minimum absolute atomic E-state index is 0.00613. The fourth-order valence-corrected chi connectivity index (χ4v) is 2.61. The van der Waals surface area contributed by atoms with Crippen LogP contribution in [-0.4, -0.2) is 42.7 Å². The molecule has 0 bridgehead atoms. The highest BCUT2D eigenvalue weighted by molar-refractivity contribution is 5.94. The number of benzene rings is 1. The number of hydrogen-bond donors (Lipinski definition) is 2. The van der Waals surface area contributed by atoms with Gasteiger partial charge in [0, 0.05) is 12.2 Å². The van der Waals surface area contributed by atoms with Crippen molar-refractivity contribution in [3.05, 3.63) is 29.6 Å². The summed E-state index contributed by atoms with van der Waals surface area (Å²) in [6, 6.07) is 3.83. The zero-order valence-electron chi connectivity index (χ0n) is 11.7. The second kappa shape index (κ2) is 6.70. The molecule has 2 N–H and O–H groups in total. The molecular weight excluding hydrogens is 259 g/mol. The quantitative estimate of drug-likeness (QED) is 0.870. The summed E-state index contributed by atoms with van der Waals surface area (Å²) >= 11 is 0. The topological polar surface area (TPSA) is 52.6 Å². The fraction of sp³-hybridized carbons (Fsp3) is 0.533. The summed E-state index contributed by atoms with van der Waals surface area (Å²) < 4.78 is 13.1. The fourth-order valence-electron chi connectivity index (χ4n) is 2.61. The summed E-state index contributed by atoms with van der Waals surface area (Å²) in [6.07, 6.45) is 3.39. The molecule has 0 unspecified atom stereocenters. The van der Waals surface area contributed by atoms with Crippen LogP contribution in [0.15, 0.2) is 18.2 Å². The van der Waals surface area contributed by atoms with Gasteiger partial charge >= 0.3 is 5.97 Å². The van der Waals surface area contributed by atoms with E-state index in [1.807, 2.05) is 0 Å². The van der Waals surface area contributed by atoms with Gasteiger partial charge in [-0.3, -0.25) is 0 Å². The van der Waals surface area contributed by atoms with Crippen molar-refractivity contribution in [1.29, 1.82) is 0 Å². The normalized spacial score (nSPS) is 17.1. The molecule has 0 amide bonds. The van der Waals surface area contributed by atoms with Crippen LogP contribution in [0.5, 0.6) is 0 Å². The van der Waals surface area contributed by atoms with E-state index in [4.69, 9.17) is 5.11 Å².